The summed E-state index contributed by atoms with van der Waals surface area (Å²) >= 11 is 0. The number of furan rings is 1. The van der Waals surface area contributed by atoms with Crippen LogP contribution in [0.2, 0.25) is 0 Å². The molecule has 1 aromatic heterocycles. The maximum atomic E-state index is 12.7. The lowest BCUT2D eigenvalue weighted by atomic mass is 9.79. The van der Waals surface area contributed by atoms with Crippen LogP contribution in [-0.2, 0) is 0 Å². The van der Waals surface area contributed by atoms with Crippen molar-refractivity contribution in [1.82, 2.24) is 10.2 Å². The predicted molar refractivity (Wildman–Crippen MR) is 91.2 cm³/mol. The van der Waals surface area contributed by atoms with E-state index in [1.807, 2.05) is 0 Å². The van der Waals surface area contributed by atoms with Gasteiger partial charge < -0.3 is 9.73 Å². The van der Waals surface area contributed by atoms with Crippen LogP contribution in [0, 0.1) is 5.92 Å². The molecule has 4 heterocycles. The first-order valence-corrected chi connectivity index (χ1v) is 8.62. The Labute approximate surface area is 141 Å². The first kappa shape index (κ1) is 15.4. The number of rotatable bonds is 3. The van der Waals surface area contributed by atoms with Gasteiger partial charge in [0.1, 0.15) is 5.58 Å². The van der Waals surface area contributed by atoms with Crippen molar-refractivity contribution in [2.75, 3.05) is 13.1 Å². The minimum Gasteiger partial charge on any atom is -0.453 e. The number of ketones is 1. The summed E-state index contributed by atoms with van der Waals surface area (Å²) in [7, 11) is 0. The van der Waals surface area contributed by atoms with E-state index in [1.165, 1.54) is 6.92 Å². The number of hydrogen-bond acceptors (Lipinski definition) is 4. The number of hydrogen-bond donors (Lipinski definition) is 1. The lowest BCUT2D eigenvalue weighted by Crippen LogP contribution is -2.62. The molecule has 3 aliphatic rings. The van der Waals surface area contributed by atoms with Crippen LogP contribution in [0.3, 0.4) is 0 Å². The fourth-order valence-corrected chi connectivity index (χ4v) is 4.14. The molecule has 3 aliphatic heterocycles. The van der Waals surface area contributed by atoms with Crippen LogP contribution < -0.4 is 5.32 Å². The molecular weight excluding hydrogens is 304 g/mol. The number of nitrogens with one attached hydrogen (secondary N) is 1. The third-order valence-electron chi connectivity index (χ3n) is 5.60. The van der Waals surface area contributed by atoms with Crippen LogP contribution in [0.5, 0.6) is 0 Å². The van der Waals surface area contributed by atoms with Gasteiger partial charge in [0.05, 0.1) is 0 Å². The van der Waals surface area contributed by atoms with Crippen LogP contribution >= 0.6 is 0 Å². The largest absolute Gasteiger partial charge is 0.453 e. The maximum absolute atomic E-state index is 12.7. The number of piperidine rings is 3. The predicted octanol–water partition coefficient (Wildman–Crippen LogP) is 2.85. The Morgan fingerprint density at radius 3 is 2.62 bits per heavy atom. The molecule has 2 aromatic rings. The van der Waals surface area contributed by atoms with E-state index in [2.05, 4.69) is 17.1 Å². The zero-order chi connectivity index (χ0) is 16.8. The molecule has 1 aromatic carbocycles. The molecule has 3 saturated heterocycles. The molecule has 24 heavy (non-hydrogen) atoms. The second kappa shape index (κ2) is 5.74. The van der Waals surface area contributed by atoms with Gasteiger partial charge in [-0.15, -0.1) is 0 Å². The zero-order valence-corrected chi connectivity index (χ0v) is 14.0. The van der Waals surface area contributed by atoms with Crippen molar-refractivity contribution >= 4 is 22.7 Å². The van der Waals surface area contributed by atoms with Crippen molar-refractivity contribution in [2.24, 2.45) is 5.92 Å². The van der Waals surface area contributed by atoms with E-state index in [4.69, 9.17) is 4.42 Å². The minimum atomic E-state index is -0.113. The highest BCUT2D eigenvalue weighted by Crippen LogP contribution is 2.32. The monoisotopic (exact) mass is 326 g/mol. The lowest BCUT2D eigenvalue weighted by molar-refractivity contribution is 0.0217. The highest BCUT2D eigenvalue weighted by molar-refractivity contribution is 6.00. The van der Waals surface area contributed by atoms with E-state index in [0.29, 0.717) is 28.9 Å². The van der Waals surface area contributed by atoms with Gasteiger partial charge in [-0.3, -0.25) is 14.5 Å². The van der Waals surface area contributed by atoms with Crippen molar-refractivity contribution in [2.45, 2.75) is 38.8 Å². The smallest absolute Gasteiger partial charge is 0.251 e. The van der Waals surface area contributed by atoms with Crippen LogP contribution in [0.4, 0.5) is 0 Å². The molecule has 0 radical (unpaired) electrons. The Hall–Kier alpha value is -2.14. The standard InChI is InChI=1S/C19H22N2O3/c1-11-18(13-5-7-21(11)8-6-13)20-19(23)14-3-4-16-15(9-14)10-17(24-16)12(2)22/h3-4,9-11,13,18H,5-8H2,1-2H3,(H,20,23). The number of carbonyl (C=O) groups is 2. The fraction of sp³-hybridized carbons (Fsp3) is 0.474. The van der Waals surface area contributed by atoms with Gasteiger partial charge in [-0.1, -0.05) is 0 Å². The van der Waals surface area contributed by atoms with E-state index in [-0.39, 0.29) is 17.7 Å². The molecule has 5 rings (SSSR count). The molecule has 3 fully saturated rings. The Morgan fingerprint density at radius 2 is 1.96 bits per heavy atom. The van der Waals surface area contributed by atoms with Gasteiger partial charge in [0.25, 0.3) is 5.91 Å². The van der Waals surface area contributed by atoms with E-state index in [1.54, 1.807) is 24.3 Å². The molecule has 1 amide bonds. The van der Waals surface area contributed by atoms with Crippen LogP contribution in [0.1, 0.15) is 47.6 Å². The van der Waals surface area contributed by atoms with Crippen LogP contribution in [0.15, 0.2) is 28.7 Å². The third-order valence-corrected chi connectivity index (χ3v) is 5.60. The summed E-state index contributed by atoms with van der Waals surface area (Å²) < 4.78 is 5.48. The SMILES string of the molecule is CC(=O)c1cc2cc(C(=O)NC3C4CCN(CC4)C3C)ccc2o1. The van der Waals surface area contributed by atoms with Gasteiger partial charge in [-0.25, -0.2) is 0 Å². The zero-order valence-electron chi connectivity index (χ0n) is 14.0. The Kier molecular flexibility index (Phi) is 3.68. The normalized spacial score (nSPS) is 28.9. The summed E-state index contributed by atoms with van der Waals surface area (Å²) in [6.07, 6.45) is 2.33. The molecule has 126 valence electrons. The van der Waals surface area contributed by atoms with Gasteiger partial charge >= 0.3 is 0 Å². The summed E-state index contributed by atoms with van der Waals surface area (Å²) in [5.74, 6) is 0.746. The summed E-state index contributed by atoms with van der Waals surface area (Å²) in [5.41, 5.74) is 1.25. The van der Waals surface area contributed by atoms with E-state index in [9.17, 15) is 9.59 Å². The first-order valence-electron chi connectivity index (χ1n) is 8.62. The minimum absolute atomic E-state index is 0.0481. The number of fused-ring (bicyclic) bond motifs is 4. The van der Waals surface area contributed by atoms with Crippen molar-refractivity contribution in [1.29, 1.82) is 0 Å². The summed E-state index contributed by atoms with van der Waals surface area (Å²) in [6, 6.07) is 7.63. The average molecular weight is 326 g/mol. The first-order chi connectivity index (χ1) is 11.5. The maximum Gasteiger partial charge on any atom is 0.251 e. The molecule has 1 N–H and O–H groups in total. The second-order valence-electron chi connectivity index (χ2n) is 7.03. The fourth-order valence-electron chi connectivity index (χ4n) is 4.14. The van der Waals surface area contributed by atoms with Crippen LogP contribution in [0.25, 0.3) is 11.0 Å². The van der Waals surface area contributed by atoms with Gasteiger partial charge in [-0.05, 0) is 63.0 Å². The molecule has 2 unspecified atom stereocenters. The van der Waals surface area contributed by atoms with Crippen molar-refractivity contribution in [3.05, 3.63) is 35.6 Å². The van der Waals surface area contributed by atoms with Gasteiger partial charge in [-0.2, -0.15) is 0 Å². The Morgan fingerprint density at radius 1 is 1.21 bits per heavy atom. The van der Waals surface area contributed by atoms with E-state index < -0.39 is 0 Å². The van der Waals surface area contributed by atoms with Gasteiger partial charge in [0.15, 0.2) is 11.5 Å². The quantitative estimate of drug-likeness (QED) is 0.881. The van der Waals surface area contributed by atoms with E-state index >= 15 is 0 Å². The summed E-state index contributed by atoms with van der Waals surface area (Å²) in [5, 5.41) is 4.02. The number of amides is 1. The molecule has 0 aliphatic carbocycles. The second-order valence-corrected chi connectivity index (χ2v) is 7.03. The highest BCUT2D eigenvalue weighted by atomic mass is 16.3. The number of Topliss-reactive ketones (excluding diaryl/α,β-unsaturated/α-hetero) is 1. The third kappa shape index (κ3) is 2.53. The molecule has 5 nitrogen and oxygen atoms in total. The van der Waals surface area contributed by atoms with Gasteiger partial charge in [0.2, 0.25) is 0 Å². The topological polar surface area (TPSA) is 62.6 Å². The molecule has 5 heteroatoms. The van der Waals surface area contributed by atoms with E-state index in [0.717, 1.165) is 31.3 Å². The summed E-state index contributed by atoms with van der Waals surface area (Å²) in [6.45, 7) is 5.97. The molecule has 2 atom stereocenters. The lowest BCUT2D eigenvalue weighted by Gasteiger charge is -2.49. The number of nitrogens with zero attached hydrogens (tertiary/aromatic N) is 1. The van der Waals surface area contributed by atoms with Gasteiger partial charge in [0, 0.05) is 30.0 Å². The average Bonchev–Trinajstić information content (AvgIpc) is 3.02. The number of carbonyl (C=O) groups excluding carboxylic acids is 2. The summed E-state index contributed by atoms with van der Waals surface area (Å²) in [4.78, 5) is 26.6. The van der Waals surface area contributed by atoms with Crippen molar-refractivity contribution in [3.63, 3.8) is 0 Å². The number of benzene rings is 1. The molecule has 2 bridgehead atoms. The molecule has 0 saturated carbocycles. The Bertz CT molecular complexity index is 800. The van der Waals surface area contributed by atoms with Crippen molar-refractivity contribution in [3.8, 4) is 0 Å². The molecule has 0 spiro atoms. The molecular formula is C19H22N2O3. The van der Waals surface area contributed by atoms with Crippen molar-refractivity contribution < 1.29 is 14.0 Å². The highest BCUT2D eigenvalue weighted by Gasteiger charge is 2.40. The van der Waals surface area contributed by atoms with Crippen LogP contribution in [-0.4, -0.2) is 41.8 Å². The Balaban J connectivity index is 1.56.